The summed E-state index contributed by atoms with van der Waals surface area (Å²) in [5.41, 5.74) is 2.02. The van der Waals surface area contributed by atoms with Crippen molar-refractivity contribution in [3.8, 4) is 5.75 Å². The Hall–Kier alpha value is -2.24. The van der Waals surface area contributed by atoms with E-state index in [1.165, 1.54) is 12.1 Å². The van der Waals surface area contributed by atoms with E-state index in [0.717, 1.165) is 81.4 Å². The number of carbonyl (C=O) groups excluding carboxylic acids is 1. The number of anilines is 1. The van der Waals surface area contributed by atoms with Crippen LogP contribution in [0.4, 0.5) is 5.69 Å². The molecule has 33 heavy (non-hydrogen) atoms. The lowest BCUT2D eigenvalue weighted by Crippen LogP contribution is -2.51. The molecule has 1 saturated carbocycles. The summed E-state index contributed by atoms with van der Waals surface area (Å²) in [7, 11) is 1.74. The van der Waals surface area contributed by atoms with E-state index >= 15 is 0 Å². The zero-order valence-electron chi connectivity index (χ0n) is 19.5. The topological polar surface area (TPSA) is 36.0 Å². The van der Waals surface area contributed by atoms with E-state index in [0.29, 0.717) is 11.8 Å². The Morgan fingerprint density at radius 2 is 1.76 bits per heavy atom. The number of benzene rings is 2. The van der Waals surface area contributed by atoms with Gasteiger partial charge in [0.1, 0.15) is 5.75 Å². The molecule has 1 amide bonds. The summed E-state index contributed by atoms with van der Waals surface area (Å²) in [4.78, 5) is 20.7. The third kappa shape index (κ3) is 4.71. The molecule has 2 aliphatic heterocycles. The normalized spacial score (nSPS) is 22.8. The number of rotatable bonds is 6. The number of para-hydroxylation sites is 2. The largest absolute Gasteiger partial charge is 0.495 e. The van der Waals surface area contributed by atoms with Gasteiger partial charge < -0.3 is 14.5 Å². The fraction of sp³-hybridized carbons (Fsp3) is 0.519. The van der Waals surface area contributed by atoms with Gasteiger partial charge in [-0.25, -0.2) is 0 Å². The first kappa shape index (κ1) is 22.5. The van der Waals surface area contributed by atoms with Crippen molar-refractivity contribution in [1.29, 1.82) is 0 Å². The lowest BCUT2D eigenvalue weighted by atomic mass is 9.91. The van der Waals surface area contributed by atoms with Gasteiger partial charge in [0.25, 0.3) is 0 Å². The van der Waals surface area contributed by atoms with Crippen molar-refractivity contribution < 1.29 is 9.53 Å². The molecule has 2 saturated heterocycles. The van der Waals surface area contributed by atoms with Gasteiger partial charge in [-0.15, -0.1) is 0 Å². The Kier molecular flexibility index (Phi) is 6.53. The van der Waals surface area contributed by atoms with E-state index < -0.39 is 0 Å². The van der Waals surface area contributed by atoms with Gasteiger partial charge in [0.2, 0.25) is 5.91 Å². The lowest BCUT2D eigenvalue weighted by Gasteiger charge is -2.41. The monoisotopic (exact) mass is 467 g/mol. The maximum atomic E-state index is 13.5. The van der Waals surface area contributed by atoms with Crippen LogP contribution in [0.1, 0.15) is 31.2 Å². The summed E-state index contributed by atoms with van der Waals surface area (Å²) in [6.45, 7) is 6.99. The second kappa shape index (κ2) is 9.55. The third-order valence-electron chi connectivity index (χ3n) is 7.68. The zero-order valence-corrected chi connectivity index (χ0v) is 20.3. The molecule has 2 aromatic rings. The van der Waals surface area contributed by atoms with E-state index in [1.807, 2.05) is 36.4 Å². The van der Waals surface area contributed by atoms with Crippen molar-refractivity contribution in [2.24, 2.45) is 5.92 Å². The Balaban J connectivity index is 1.16. The number of amides is 1. The number of methoxy groups -OCH3 is 1. The SMILES string of the molecule is COc1ccccc1N1CCN(CC2CCCN(C(=O)C3(c4ccc(Cl)cc4)CC3)C2)CC1. The van der Waals surface area contributed by atoms with Crippen LogP contribution in [-0.2, 0) is 10.2 Å². The molecule has 3 fully saturated rings. The van der Waals surface area contributed by atoms with Crippen LogP contribution in [0.5, 0.6) is 5.75 Å². The number of likely N-dealkylation sites (tertiary alicyclic amines) is 1. The Labute approximate surface area is 202 Å². The number of hydrogen-bond donors (Lipinski definition) is 0. The average Bonchev–Trinajstić information content (AvgIpc) is 3.67. The van der Waals surface area contributed by atoms with Crippen LogP contribution in [0, 0.1) is 5.92 Å². The smallest absolute Gasteiger partial charge is 0.233 e. The van der Waals surface area contributed by atoms with Crippen LogP contribution < -0.4 is 9.64 Å². The quantitative estimate of drug-likeness (QED) is 0.629. The first-order valence-corrected chi connectivity index (χ1v) is 12.6. The van der Waals surface area contributed by atoms with Crippen molar-refractivity contribution in [1.82, 2.24) is 9.80 Å². The van der Waals surface area contributed by atoms with Crippen molar-refractivity contribution in [3.05, 3.63) is 59.1 Å². The van der Waals surface area contributed by atoms with Crippen molar-refractivity contribution in [3.63, 3.8) is 0 Å². The van der Waals surface area contributed by atoms with Gasteiger partial charge in [-0.3, -0.25) is 9.69 Å². The lowest BCUT2D eigenvalue weighted by molar-refractivity contribution is -0.136. The van der Waals surface area contributed by atoms with Crippen LogP contribution in [0.15, 0.2) is 48.5 Å². The number of nitrogens with zero attached hydrogens (tertiary/aromatic N) is 3. The minimum atomic E-state index is -0.299. The number of piperidine rings is 1. The van der Waals surface area contributed by atoms with Gasteiger partial charge in [0, 0.05) is 50.8 Å². The van der Waals surface area contributed by atoms with E-state index in [9.17, 15) is 4.79 Å². The number of piperazine rings is 1. The molecule has 6 heteroatoms. The molecule has 2 aromatic carbocycles. The maximum absolute atomic E-state index is 13.5. The van der Waals surface area contributed by atoms with E-state index in [4.69, 9.17) is 16.3 Å². The molecule has 5 rings (SSSR count). The fourth-order valence-electron chi connectivity index (χ4n) is 5.65. The van der Waals surface area contributed by atoms with Crippen molar-refractivity contribution in [2.45, 2.75) is 31.1 Å². The molecular formula is C27H34ClN3O2. The molecule has 0 bridgehead atoms. The minimum absolute atomic E-state index is 0.299. The summed E-state index contributed by atoms with van der Waals surface area (Å²) >= 11 is 6.07. The van der Waals surface area contributed by atoms with Gasteiger partial charge >= 0.3 is 0 Å². The molecule has 2 heterocycles. The van der Waals surface area contributed by atoms with E-state index in [-0.39, 0.29) is 5.41 Å². The Bertz CT molecular complexity index is 968. The predicted molar refractivity (Wildman–Crippen MR) is 133 cm³/mol. The Morgan fingerprint density at radius 1 is 1.03 bits per heavy atom. The van der Waals surface area contributed by atoms with Crippen LogP contribution in [0.3, 0.4) is 0 Å². The highest BCUT2D eigenvalue weighted by Gasteiger charge is 2.53. The van der Waals surface area contributed by atoms with E-state index in [1.54, 1.807) is 7.11 Å². The molecule has 0 spiro atoms. The minimum Gasteiger partial charge on any atom is -0.495 e. The molecule has 1 unspecified atom stereocenters. The van der Waals surface area contributed by atoms with Gasteiger partial charge in [-0.2, -0.15) is 0 Å². The van der Waals surface area contributed by atoms with Gasteiger partial charge in [-0.05, 0) is 61.4 Å². The predicted octanol–water partition coefficient (Wildman–Crippen LogP) is 4.44. The first-order valence-electron chi connectivity index (χ1n) is 12.2. The second-order valence-corrected chi connectivity index (χ2v) is 10.2. The zero-order chi connectivity index (χ0) is 22.8. The molecule has 1 aliphatic carbocycles. The maximum Gasteiger partial charge on any atom is 0.233 e. The fourth-order valence-corrected chi connectivity index (χ4v) is 5.77. The highest BCUT2D eigenvalue weighted by molar-refractivity contribution is 6.30. The number of hydrogen-bond acceptors (Lipinski definition) is 4. The average molecular weight is 468 g/mol. The summed E-state index contributed by atoms with van der Waals surface area (Å²) in [6, 6.07) is 16.2. The molecule has 0 N–H and O–H groups in total. The van der Waals surface area contributed by atoms with Crippen LogP contribution >= 0.6 is 11.6 Å². The molecule has 1 atom stereocenters. The van der Waals surface area contributed by atoms with Gasteiger partial charge in [0.05, 0.1) is 18.2 Å². The second-order valence-electron chi connectivity index (χ2n) is 9.81. The van der Waals surface area contributed by atoms with E-state index in [2.05, 4.69) is 26.8 Å². The number of ether oxygens (including phenoxy) is 1. The van der Waals surface area contributed by atoms with Crippen LogP contribution in [0.2, 0.25) is 5.02 Å². The highest BCUT2D eigenvalue weighted by Crippen LogP contribution is 2.50. The Morgan fingerprint density at radius 3 is 2.45 bits per heavy atom. The summed E-state index contributed by atoms with van der Waals surface area (Å²) in [5, 5.41) is 0.728. The number of halogens is 1. The standard InChI is InChI=1S/C27H34ClN3O2/c1-33-25-7-3-2-6-24(25)30-17-15-29(16-18-30)19-21-5-4-14-31(20-21)26(32)27(12-13-27)22-8-10-23(28)11-9-22/h2-3,6-11,21H,4-5,12-20H2,1H3. The molecule has 0 aromatic heterocycles. The molecular weight excluding hydrogens is 434 g/mol. The first-order chi connectivity index (χ1) is 16.1. The summed E-state index contributed by atoms with van der Waals surface area (Å²) < 4.78 is 5.55. The van der Waals surface area contributed by atoms with Crippen molar-refractivity contribution >= 4 is 23.2 Å². The molecule has 5 nitrogen and oxygen atoms in total. The number of carbonyl (C=O) groups is 1. The molecule has 176 valence electrons. The highest BCUT2D eigenvalue weighted by atomic mass is 35.5. The molecule has 3 aliphatic rings. The van der Waals surface area contributed by atoms with Gasteiger partial charge in [0.15, 0.2) is 0 Å². The summed E-state index contributed by atoms with van der Waals surface area (Å²) in [5.74, 6) is 1.83. The molecule has 0 radical (unpaired) electrons. The summed E-state index contributed by atoms with van der Waals surface area (Å²) in [6.07, 6.45) is 4.23. The van der Waals surface area contributed by atoms with Crippen molar-refractivity contribution in [2.75, 3.05) is 57.8 Å². The van der Waals surface area contributed by atoms with Gasteiger partial charge in [-0.1, -0.05) is 35.9 Å². The van der Waals surface area contributed by atoms with Crippen LogP contribution in [-0.4, -0.2) is 68.6 Å². The van der Waals surface area contributed by atoms with Crippen LogP contribution in [0.25, 0.3) is 0 Å². The third-order valence-corrected chi connectivity index (χ3v) is 7.93.